The van der Waals surface area contributed by atoms with Gasteiger partial charge in [0.05, 0.1) is 11.9 Å². The number of pyridine rings is 1. The average Bonchev–Trinajstić information content (AvgIpc) is 2.55. The third-order valence-corrected chi connectivity index (χ3v) is 3.20. The molecule has 0 spiro atoms. The van der Waals surface area contributed by atoms with Gasteiger partial charge in [0, 0.05) is 19.2 Å². The largest absolute Gasteiger partial charge is 0.371 e. The van der Waals surface area contributed by atoms with Crippen LogP contribution in [0.2, 0.25) is 0 Å². The van der Waals surface area contributed by atoms with Crippen molar-refractivity contribution in [2.75, 3.05) is 13.2 Å². The van der Waals surface area contributed by atoms with E-state index in [2.05, 4.69) is 24.1 Å². The highest BCUT2D eigenvalue weighted by Crippen LogP contribution is 2.20. The molecule has 17 heavy (non-hydrogen) atoms. The van der Waals surface area contributed by atoms with Crippen molar-refractivity contribution < 1.29 is 9.13 Å². The van der Waals surface area contributed by atoms with Gasteiger partial charge in [-0.2, -0.15) is 0 Å². The lowest BCUT2D eigenvalue weighted by atomic mass is 10.0. The quantitative estimate of drug-likeness (QED) is 0.858. The van der Waals surface area contributed by atoms with E-state index in [4.69, 9.17) is 4.74 Å². The molecule has 1 saturated heterocycles. The van der Waals surface area contributed by atoms with Crippen molar-refractivity contribution in [3.63, 3.8) is 0 Å². The summed E-state index contributed by atoms with van der Waals surface area (Å²) in [5.41, 5.74) is 0.795. The molecule has 0 aromatic carbocycles. The fourth-order valence-electron chi connectivity index (χ4n) is 2.09. The summed E-state index contributed by atoms with van der Waals surface area (Å²) in [6, 6.07) is 3.61. The Morgan fingerprint density at radius 2 is 2.29 bits per heavy atom. The molecule has 1 aromatic rings. The Kier molecular flexibility index (Phi) is 4.07. The first-order valence-electron chi connectivity index (χ1n) is 6.13. The fraction of sp³-hybridized carbons (Fsp3) is 0.615. The first-order valence-corrected chi connectivity index (χ1v) is 6.13. The van der Waals surface area contributed by atoms with E-state index in [1.807, 2.05) is 0 Å². The Bertz CT molecular complexity index is 353. The maximum Gasteiger partial charge on any atom is 0.141 e. The van der Waals surface area contributed by atoms with Crippen molar-refractivity contribution in [3.05, 3.63) is 29.8 Å². The highest BCUT2D eigenvalue weighted by molar-refractivity contribution is 5.09. The second-order valence-electron chi connectivity index (χ2n) is 4.81. The van der Waals surface area contributed by atoms with Crippen molar-refractivity contribution >= 4 is 0 Å². The van der Waals surface area contributed by atoms with Gasteiger partial charge in [-0.3, -0.25) is 4.98 Å². The summed E-state index contributed by atoms with van der Waals surface area (Å²) >= 11 is 0. The molecule has 0 radical (unpaired) electrons. The molecule has 0 saturated carbocycles. The number of nitrogens with zero attached hydrogens (tertiary/aromatic N) is 1. The second kappa shape index (κ2) is 5.56. The number of halogens is 1. The van der Waals surface area contributed by atoms with Gasteiger partial charge >= 0.3 is 0 Å². The molecule has 2 atom stereocenters. The summed E-state index contributed by atoms with van der Waals surface area (Å²) < 4.78 is 18.5. The van der Waals surface area contributed by atoms with Crippen molar-refractivity contribution in [3.8, 4) is 0 Å². The normalized spacial score (nSPS) is 25.9. The van der Waals surface area contributed by atoms with E-state index < -0.39 is 0 Å². The molecule has 2 rings (SSSR count). The standard InChI is InChI=1S/C13H19FN2O/c1-9(2)11-5-6-17-13(8-16-11)12-4-3-10(14)7-15-12/h3-4,7,9,11,13,16H,5-6,8H2,1-2H3. The van der Waals surface area contributed by atoms with E-state index in [1.165, 1.54) is 12.3 Å². The zero-order chi connectivity index (χ0) is 12.3. The van der Waals surface area contributed by atoms with E-state index in [0.717, 1.165) is 25.3 Å². The Labute approximate surface area is 101 Å². The van der Waals surface area contributed by atoms with Gasteiger partial charge in [0.2, 0.25) is 0 Å². The minimum atomic E-state index is -0.310. The summed E-state index contributed by atoms with van der Waals surface area (Å²) in [5, 5.41) is 3.49. The molecule has 1 aliphatic heterocycles. The summed E-state index contributed by atoms with van der Waals surface area (Å²) in [6.45, 7) is 5.86. The van der Waals surface area contributed by atoms with Gasteiger partial charge in [0.15, 0.2) is 0 Å². The predicted molar refractivity (Wildman–Crippen MR) is 64.1 cm³/mol. The molecule has 3 nitrogen and oxygen atoms in total. The average molecular weight is 238 g/mol. The van der Waals surface area contributed by atoms with Crippen LogP contribution in [-0.2, 0) is 4.74 Å². The summed E-state index contributed by atoms with van der Waals surface area (Å²) in [7, 11) is 0. The first kappa shape index (κ1) is 12.5. The topological polar surface area (TPSA) is 34.1 Å². The lowest BCUT2D eigenvalue weighted by Gasteiger charge is -2.19. The minimum Gasteiger partial charge on any atom is -0.371 e. The highest BCUT2D eigenvalue weighted by atomic mass is 19.1. The second-order valence-corrected chi connectivity index (χ2v) is 4.81. The number of hydrogen-bond acceptors (Lipinski definition) is 3. The van der Waals surface area contributed by atoms with Crippen molar-refractivity contribution in [1.29, 1.82) is 0 Å². The summed E-state index contributed by atoms with van der Waals surface area (Å²) in [4.78, 5) is 4.07. The van der Waals surface area contributed by atoms with Crippen molar-refractivity contribution in [1.82, 2.24) is 10.3 Å². The molecular formula is C13H19FN2O. The summed E-state index contributed by atoms with van der Waals surface area (Å²) in [5.74, 6) is 0.286. The van der Waals surface area contributed by atoms with Crippen LogP contribution in [0, 0.1) is 11.7 Å². The van der Waals surface area contributed by atoms with Crippen LogP contribution in [0.5, 0.6) is 0 Å². The molecular weight excluding hydrogens is 219 g/mol. The number of ether oxygens (including phenoxy) is 1. The van der Waals surface area contributed by atoms with Gasteiger partial charge in [0.25, 0.3) is 0 Å². The first-order chi connectivity index (χ1) is 8.16. The Morgan fingerprint density at radius 3 is 2.94 bits per heavy atom. The molecule has 94 valence electrons. The molecule has 0 bridgehead atoms. The predicted octanol–water partition coefficient (Wildman–Crippen LogP) is 2.30. The maximum absolute atomic E-state index is 12.8. The van der Waals surface area contributed by atoms with Gasteiger partial charge in [-0.15, -0.1) is 0 Å². The molecule has 1 aliphatic rings. The van der Waals surface area contributed by atoms with Crippen LogP contribution in [0.15, 0.2) is 18.3 Å². The molecule has 2 unspecified atom stereocenters. The van der Waals surface area contributed by atoms with Gasteiger partial charge < -0.3 is 10.1 Å². The lowest BCUT2D eigenvalue weighted by molar-refractivity contribution is 0.0630. The smallest absolute Gasteiger partial charge is 0.141 e. The Hall–Kier alpha value is -1.00. The SMILES string of the molecule is CC(C)C1CCOC(c2ccc(F)cn2)CN1. The van der Waals surface area contributed by atoms with Crippen LogP contribution < -0.4 is 5.32 Å². The molecule has 1 N–H and O–H groups in total. The maximum atomic E-state index is 12.8. The lowest BCUT2D eigenvalue weighted by Crippen LogP contribution is -2.34. The minimum absolute atomic E-state index is 0.0700. The van der Waals surface area contributed by atoms with E-state index in [0.29, 0.717) is 12.0 Å². The van der Waals surface area contributed by atoms with E-state index in [1.54, 1.807) is 6.07 Å². The van der Waals surface area contributed by atoms with Gasteiger partial charge in [-0.05, 0) is 24.5 Å². The van der Waals surface area contributed by atoms with Crippen LogP contribution in [0.25, 0.3) is 0 Å². The van der Waals surface area contributed by atoms with Gasteiger partial charge in [-0.25, -0.2) is 4.39 Å². The Morgan fingerprint density at radius 1 is 1.47 bits per heavy atom. The fourth-order valence-corrected chi connectivity index (χ4v) is 2.09. The molecule has 0 amide bonds. The molecule has 0 aliphatic carbocycles. The zero-order valence-corrected chi connectivity index (χ0v) is 10.3. The van der Waals surface area contributed by atoms with E-state index in [9.17, 15) is 4.39 Å². The van der Waals surface area contributed by atoms with Crippen molar-refractivity contribution in [2.24, 2.45) is 5.92 Å². The van der Waals surface area contributed by atoms with E-state index >= 15 is 0 Å². The third-order valence-electron chi connectivity index (χ3n) is 3.20. The van der Waals surface area contributed by atoms with Crippen LogP contribution >= 0.6 is 0 Å². The molecule has 4 heteroatoms. The van der Waals surface area contributed by atoms with E-state index in [-0.39, 0.29) is 11.9 Å². The zero-order valence-electron chi connectivity index (χ0n) is 10.3. The monoisotopic (exact) mass is 238 g/mol. The number of rotatable bonds is 2. The van der Waals surface area contributed by atoms with Crippen molar-refractivity contribution in [2.45, 2.75) is 32.4 Å². The summed E-state index contributed by atoms with van der Waals surface area (Å²) in [6.07, 6.45) is 2.18. The van der Waals surface area contributed by atoms with Crippen LogP contribution in [0.3, 0.4) is 0 Å². The number of aromatic nitrogens is 1. The van der Waals surface area contributed by atoms with Crippen LogP contribution in [0.4, 0.5) is 4.39 Å². The van der Waals surface area contributed by atoms with Gasteiger partial charge in [0.1, 0.15) is 11.9 Å². The van der Waals surface area contributed by atoms with Gasteiger partial charge in [-0.1, -0.05) is 13.8 Å². The molecule has 1 fully saturated rings. The van der Waals surface area contributed by atoms with Crippen LogP contribution in [0.1, 0.15) is 32.1 Å². The number of nitrogens with one attached hydrogen (secondary N) is 1. The molecule has 2 heterocycles. The third kappa shape index (κ3) is 3.23. The van der Waals surface area contributed by atoms with Crippen LogP contribution in [-0.4, -0.2) is 24.2 Å². The number of hydrogen-bond donors (Lipinski definition) is 1. The molecule has 1 aromatic heterocycles. The Balaban J connectivity index is 2.01. The highest BCUT2D eigenvalue weighted by Gasteiger charge is 2.22.